The molecule has 9 heteroatoms. The number of hydrogen-bond acceptors (Lipinski definition) is 6. The second-order valence-corrected chi connectivity index (χ2v) is 8.29. The number of nitrogens with one attached hydrogen (secondary N) is 1. The average Bonchev–Trinajstić information content (AvgIpc) is 2.93. The summed E-state index contributed by atoms with van der Waals surface area (Å²) < 4.78 is 29.3. The minimum Gasteiger partial charge on any atom is -0.278 e. The maximum Gasteiger partial charge on any atom is 0.281 e. The van der Waals surface area contributed by atoms with E-state index in [2.05, 4.69) is 14.8 Å². The largest absolute Gasteiger partial charge is 0.281 e. The zero-order chi connectivity index (χ0) is 15.9. The van der Waals surface area contributed by atoms with Crippen molar-refractivity contribution in [2.45, 2.75) is 23.8 Å². The molecule has 2 aromatic heterocycles. The van der Waals surface area contributed by atoms with Crippen LogP contribution in [0.3, 0.4) is 0 Å². The Morgan fingerprint density at radius 1 is 1.23 bits per heavy atom. The van der Waals surface area contributed by atoms with Crippen molar-refractivity contribution in [2.75, 3.05) is 11.0 Å². The molecule has 0 spiro atoms. The predicted molar refractivity (Wildman–Crippen MR) is 89.4 cm³/mol. The number of thioether (sulfide) groups is 1. The van der Waals surface area contributed by atoms with Gasteiger partial charge in [-0.3, -0.25) is 4.72 Å². The third kappa shape index (κ3) is 2.71. The molecule has 0 fully saturated rings. The van der Waals surface area contributed by atoms with Gasteiger partial charge in [-0.25, -0.2) is 4.98 Å². The SMILES string of the molecule is CSc1ccc(NS(=O)(=O)c2c(C)nc3sc(C)nn23)cc1. The van der Waals surface area contributed by atoms with Gasteiger partial charge in [-0.05, 0) is 44.4 Å². The van der Waals surface area contributed by atoms with E-state index in [1.807, 2.05) is 25.3 Å². The van der Waals surface area contributed by atoms with Crippen LogP contribution < -0.4 is 4.72 Å². The van der Waals surface area contributed by atoms with E-state index < -0.39 is 10.0 Å². The van der Waals surface area contributed by atoms with Crippen LogP contribution >= 0.6 is 23.1 Å². The summed E-state index contributed by atoms with van der Waals surface area (Å²) in [5.41, 5.74) is 0.950. The molecule has 0 amide bonds. The number of nitrogens with zero attached hydrogens (tertiary/aromatic N) is 3. The van der Waals surface area contributed by atoms with Gasteiger partial charge in [0.05, 0.1) is 5.69 Å². The summed E-state index contributed by atoms with van der Waals surface area (Å²) in [5, 5.41) is 5.07. The molecule has 0 saturated heterocycles. The first kappa shape index (κ1) is 15.3. The van der Waals surface area contributed by atoms with Crippen molar-refractivity contribution in [1.82, 2.24) is 14.6 Å². The standard InChI is InChI=1S/C13H14N4O2S3/c1-8-12(17-13(14-8)21-9(2)15-17)22(18,19)16-10-4-6-11(20-3)7-5-10/h4-7,16H,1-3H3. The van der Waals surface area contributed by atoms with E-state index in [1.165, 1.54) is 15.9 Å². The second-order valence-electron chi connectivity index (χ2n) is 4.65. The maximum atomic E-state index is 12.6. The highest BCUT2D eigenvalue weighted by molar-refractivity contribution is 7.98. The minimum atomic E-state index is -3.75. The average molecular weight is 354 g/mol. The number of hydrogen-bond donors (Lipinski definition) is 1. The molecule has 0 aliphatic rings. The summed E-state index contributed by atoms with van der Waals surface area (Å²) in [6, 6.07) is 7.22. The highest BCUT2D eigenvalue weighted by Gasteiger charge is 2.25. The molecule has 0 aliphatic carbocycles. The van der Waals surface area contributed by atoms with E-state index in [0.29, 0.717) is 16.3 Å². The van der Waals surface area contributed by atoms with Crippen LogP contribution in [0, 0.1) is 13.8 Å². The lowest BCUT2D eigenvalue weighted by atomic mass is 10.3. The summed E-state index contributed by atoms with van der Waals surface area (Å²) in [6.07, 6.45) is 1.97. The van der Waals surface area contributed by atoms with Crippen LogP contribution in [-0.2, 0) is 10.0 Å². The molecular formula is C13H14N4O2S3. The molecule has 0 aliphatic heterocycles. The molecule has 3 aromatic rings. The van der Waals surface area contributed by atoms with Gasteiger partial charge in [-0.15, -0.1) is 11.8 Å². The lowest BCUT2D eigenvalue weighted by Crippen LogP contribution is -2.16. The van der Waals surface area contributed by atoms with Crippen molar-refractivity contribution in [3.8, 4) is 0 Å². The van der Waals surface area contributed by atoms with Crippen molar-refractivity contribution >= 4 is 43.8 Å². The third-order valence-electron chi connectivity index (χ3n) is 3.02. The first-order chi connectivity index (χ1) is 10.4. The fourth-order valence-electron chi connectivity index (χ4n) is 2.10. The van der Waals surface area contributed by atoms with Gasteiger partial charge >= 0.3 is 0 Å². The molecule has 2 heterocycles. The topological polar surface area (TPSA) is 76.4 Å². The van der Waals surface area contributed by atoms with E-state index in [1.54, 1.807) is 30.8 Å². The van der Waals surface area contributed by atoms with Crippen molar-refractivity contribution in [1.29, 1.82) is 0 Å². The van der Waals surface area contributed by atoms with Gasteiger partial charge in [0.2, 0.25) is 9.99 Å². The Morgan fingerprint density at radius 2 is 1.91 bits per heavy atom. The maximum absolute atomic E-state index is 12.6. The number of benzene rings is 1. The molecule has 3 rings (SSSR count). The van der Waals surface area contributed by atoms with Gasteiger partial charge < -0.3 is 0 Å². The zero-order valence-corrected chi connectivity index (χ0v) is 14.6. The molecule has 0 saturated carbocycles. The Morgan fingerprint density at radius 3 is 2.55 bits per heavy atom. The van der Waals surface area contributed by atoms with Crippen LogP contribution in [0.2, 0.25) is 0 Å². The Balaban J connectivity index is 2.01. The van der Waals surface area contributed by atoms with E-state index >= 15 is 0 Å². The Labute approximate surface area is 136 Å². The number of fused-ring (bicyclic) bond motifs is 1. The molecule has 1 aromatic carbocycles. The van der Waals surface area contributed by atoms with Crippen molar-refractivity contribution in [2.24, 2.45) is 0 Å². The number of rotatable bonds is 4. The summed E-state index contributed by atoms with van der Waals surface area (Å²) in [5.74, 6) is 0. The molecule has 22 heavy (non-hydrogen) atoms. The van der Waals surface area contributed by atoms with Crippen molar-refractivity contribution < 1.29 is 8.42 Å². The lowest BCUT2D eigenvalue weighted by molar-refractivity contribution is 0.592. The van der Waals surface area contributed by atoms with Gasteiger partial charge in [0, 0.05) is 10.6 Å². The first-order valence-corrected chi connectivity index (χ1v) is 9.93. The van der Waals surface area contributed by atoms with Crippen LogP contribution in [0.25, 0.3) is 4.96 Å². The van der Waals surface area contributed by atoms with Crippen LogP contribution in [-0.4, -0.2) is 29.3 Å². The van der Waals surface area contributed by atoms with Crippen LogP contribution in [0.4, 0.5) is 5.69 Å². The van der Waals surface area contributed by atoms with Gasteiger partial charge in [-0.1, -0.05) is 11.3 Å². The normalized spacial score (nSPS) is 12.0. The summed E-state index contributed by atoms with van der Waals surface area (Å²) >= 11 is 2.96. The predicted octanol–water partition coefficient (Wildman–Crippen LogP) is 2.93. The van der Waals surface area contributed by atoms with Crippen LogP contribution in [0.1, 0.15) is 10.7 Å². The Kier molecular flexibility index (Phi) is 3.87. The van der Waals surface area contributed by atoms with Crippen molar-refractivity contribution in [3.63, 3.8) is 0 Å². The molecule has 0 atom stereocenters. The number of sulfonamides is 1. The van der Waals surface area contributed by atoms with E-state index in [9.17, 15) is 8.42 Å². The van der Waals surface area contributed by atoms with Gasteiger partial charge in [-0.2, -0.15) is 18.0 Å². The molecular weight excluding hydrogens is 340 g/mol. The highest BCUT2D eigenvalue weighted by atomic mass is 32.2. The van der Waals surface area contributed by atoms with E-state index in [-0.39, 0.29) is 5.03 Å². The fraction of sp³-hybridized carbons (Fsp3) is 0.231. The fourth-order valence-corrected chi connectivity index (χ4v) is 4.68. The third-order valence-corrected chi connectivity index (χ3v) is 6.07. The first-order valence-electron chi connectivity index (χ1n) is 6.40. The molecule has 0 bridgehead atoms. The van der Waals surface area contributed by atoms with E-state index in [4.69, 9.17) is 0 Å². The Bertz CT molecular complexity index is 926. The van der Waals surface area contributed by atoms with Gasteiger partial charge in [0.25, 0.3) is 10.0 Å². The summed E-state index contributed by atoms with van der Waals surface area (Å²) in [4.78, 5) is 5.91. The smallest absolute Gasteiger partial charge is 0.278 e. The van der Waals surface area contributed by atoms with Gasteiger partial charge in [0.15, 0.2) is 0 Å². The lowest BCUT2D eigenvalue weighted by Gasteiger charge is -2.08. The molecule has 116 valence electrons. The molecule has 0 unspecified atom stereocenters. The van der Waals surface area contributed by atoms with Crippen LogP contribution in [0.15, 0.2) is 34.2 Å². The monoisotopic (exact) mass is 354 g/mol. The van der Waals surface area contributed by atoms with Crippen LogP contribution in [0.5, 0.6) is 0 Å². The molecule has 6 nitrogen and oxygen atoms in total. The molecule has 1 N–H and O–H groups in total. The number of imidazole rings is 1. The number of aryl methyl sites for hydroxylation is 2. The Hall–Kier alpha value is -1.58. The van der Waals surface area contributed by atoms with E-state index in [0.717, 1.165) is 9.90 Å². The van der Waals surface area contributed by atoms with Gasteiger partial charge in [0.1, 0.15) is 5.01 Å². The molecule has 0 radical (unpaired) electrons. The van der Waals surface area contributed by atoms with Crippen molar-refractivity contribution in [3.05, 3.63) is 35.0 Å². The summed E-state index contributed by atoms with van der Waals surface area (Å²) in [6.45, 7) is 3.49. The number of aromatic nitrogens is 3. The number of anilines is 1. The quantitative estimate of drug-likeness (QED) is 0.729. The highest BCUT2D eigenvalue weighted by Crippen LogP contribution is 2.24. The second kappa shape index (κ2) is 5.56. The minimum absolute atomic E-state index is 0.0841. The zero-order valence-electron chi connectivity index (χ0n) is 12.2. The summed E-state index contributed by atoms with van der Waals surface area (Å²) in [7, 11) is -3.75.